The summed E-state index contributed by atoms with van der Waals surface area (Å²) in [7, 11) is 0. The topological polar surface area (TPSA) is 43.3 Å². The van der Waals surface area contributed by atoms with Crippen molar-refractivity contribution >= 4 is 21.4 Å². The summed E-state index contributed by atoms with van der Waals surface area (Å²) in [6, 6.07) is 4.47. The number of pyridine rings is 1. The lowest BCUT2D eigenvalue weighted by Crippen LogP contribution is -2.37. The third kappa shape index (κ3) is 2.88. The molecule has 102 valence electrons. The molecule has 1 saturated heterocycles. The maximum atomic E-state index is 12.2. The molecule has 1 fully saturated rings. The molecule has 2 aromatic heterocycles. The number of hydrogen-bond acceptors (Lipinski definition) is 4. The van der Waals surface area contributed by atoms with Gasteiger partial charge in [0.2, 0.25) is 0 Å². The molecule has 0 spiro atoms. The molecular formula is C14H18N2O2S. The molecule has 0 amide bonds. The molecule has 0 saturated carbocycles. The summed E-state index contributed by atoms with van der Waals surface area (Å²) in [6.45, 7) is 3.25. The van der Waals surface area contributed by atoms with E-state index < -0.39 is 0 Å². The molecule has 2 aromatic rings. The number of rotatable bonds is 4. The second-order valence-corrected chi connectivity index (χ2v) is 5.80. The van der Waals surface area contributed by atoms with E-state index in [1.54, 1.807) is 15.9 Å². The molecule has 3 rings (SSSR count). The maximum absolute atomic E-state index is 12.2. The Hall–Kier alpha value is -1.17. The van der Waals surface area contributed by atoms with Gasteiger partial charge in [-0.3, -0.25) is 4.79 Å². The Morgan fingerprint density at radius 2 is 2.21 bits per heavy atom. The summed E-state index contributed by atoms with van der Waals surface area (Å²) in [5.74, 6) is 0. The molecule has 1 aliphatic heterocycles. The van der Waals surface area contributed by atoms with Gasteiger partial charge in [-0.2, -0.15) is 0 Å². The first-order chi connectivity index (χ1) is 9.34. The molecule has 4 nitrogen and oxygen atoms in total. The molecule has 5 heteroatoms. The maximum Gasteiger partial charge on any atom is 0.259 e. The fourth-order valence-electron chi connectivity index (χ4n) is 2.47. The molecule has 0 aliphatic carbocycles. The monoisotopic (exact) mass is 278 g/mol. The van der Waals surface area contributed by atoms with E-state index in [1.807, 2.05) is 23.7 Å². The van der Waals surface area contributed by atoms with Gasteiger partial charge >= 0.3 is 0 Å². The summed E-state index contributed by atoms with van der Waals surface area (Å²) in [5, 5.41) is 6.30. The quantitative estimate of drug-likeness (QED) is 0.928. The van der Waals surface area contributed by atoms with Gasteiger partial charge in [0.05, 0.1) is 5.39 Å². The summed E-state index contributed by atoms with van der Waals surface area (Å²) >= 11 is 1.61. The van der Waals surface area contributed by atoms with Crippen LogP contribution < -0.4 is 10.9 Å². The van der Waals surface area contributed by atoms with Crippen molar-refractivity contribution in [2.75, 3.05) is 19.8 Å². The smallest absolute Gasteiger partial charge is 0.259 e. The first kappa shape index (κ1) is 12.8. The SMILES string of the molecule is O=c1c2ccsc2ccn1CCNC1CCOCC1. The summed E-state index contributed by atoms with van der Waals surface area (Å²) in [6.07, 6.45) is 4.03. The normalized spacial score (nSPS) is 17.1. The second-order valence-electron chi connectivity index (χ2n) is 4.85. The van der Waals surface area contributed by atoms with Gasteiger partial charge < -0.3 is 14.6 Å². The van der Waals surface area contributed by atoms with Crippen LogP contribution in [0.25, 0.3) is 10.1 Å². The van der Waals surface area contributed by atoms with Gasteiger partial charge in [0.15, 0.2) is 0 Å². The molecule has 0 aromatic carbocycles. The number of nitrogens with zero attached hydrogens (tertiary/aromatic N) is 1. The molecule has 19 heavy (non-hydrogen) atoms. The van der Waals surface area contributed by atoms with Gasteiger partial charge in [0.1, 0.15) is 0 Å². The third-order valence-corrected chi connectivity index (χ3v) is 4.48. The highest BCUT2D eigenvalue weighted by atomic mass is 32.1. The van der Waals surface area contributed by atoms with Gasteiger partial charge in [-0.25, -0.2) is 0 Å². The highest BCUT2D eigenvalue weighted by molar-refractivity contribution is 7.17. The highest BCUT2D eigenvalue weighted by Gasteiger charge is 2.12. The molecular weight excluding hydrogens is 260 g/mol. The number of aromatic nitrogens is 1. The molecule has 3 heterocycles. The van der Waals surface area contributed by atoms with Crippen LogP contribution in [0.1, 0.15) is 12.8 Å². The van der Waals surface area contributed by atoms with Gasteiger partial charge in [-0.15, -0.1) is 11.3 Å². The number of fused-ring (bicyclic) bond motifs is 1. The Labute approximate surface area is 116 Å². The van der Waals surface area contributed by atoms with Crippen LogP contribution in [0.2, 0.25) is 0 Å². The van der Waals surface area contributed by atoms with Crippen LogP contribution in [0, 0.1) is 0 Å². The number of hydrogen-bond donors (Lipinski definition) is 1. The van der Waals surface area contributed by atoms with Gasteiger partial charge in [0, 0.05) is 43.2 Å². The Morgan fingerprint density at radius 1 is 1.37 bits per heavy atom. The third-order valence-electron chi connectivity index (χ3n) is 3.60. The summed E-state index contributed by atoms with van der Waals surface area (Å²) < 4.78 is 8.19. The predicted octanol–water partition coefficient (Wildman–Crippen LogP) is 1.83. The van der Waals surface area contributed by atoms with Gasteiger partial charge in [0.25, 0.3) is 5.56 Å². The first-order valence-corrected chi connectivity index (χ1v) is 7.60. The van der Waals surface area contributed by atoms with Crippen LogP contribution in [0.15, 0.2) is 28.5 Å². The number of ether oxygens (including phenoxy) is 1. The minimum atomic E-state index is 0.118. The highest BCUT2D eigenvalue weighted by Crippen LogP contribution is 2.16. The van der Waals surface area contributed by atoms with E-state index in [-0.39, 0.29) is 5.56 Å². The Morgan fingerprint density at radius 3 is 3.05 bits per heavy atom. The molecule has 0 atom stereocenters. The standard InChI is InChI=1S/C14H18N2O2S/c17-14-12-4-10-19-13(12)1-6-16(14)7-5-15-11-2-8-18-9-3-11/h1,4,6,10-11,15H,2-3,5,7-9H2. The molecule has 0 unspecified atom stereocenters. The summed E-state index contributed by atoms with van der Waals surface area (Å²) in [5.41, 5.74) is 0.118. The zero-order chi connectivity index (χ0) is 13.1. The van der Waals surface area contributed by atoms with Gasteiger partial charge in [-0.1, -0.05) is 0 Å². The zero-order valence-corrected chi connectivity index (χ0v) is 11.6. The summed E-state index contributed by atoms with van der Waals surface area (Å²) in [4.78, 5) is 12.2. The van der Waals surface area contributed by atoms with Crippen molar-refractivity contribution in [3.05, 3.63) is 34.1 Å². The average molecular weight is 278 g/mol. The van der Waals surface area contributed by atoms with E-state index in [0.717, 1.165) is 49.2 Å². The molecule has 0 radical (unpaired) electrons. The van der Waals surface area contributed by atoms with Gasteiger partial charge in [-0.05, 0) is 30.4 Å². The van der Waals surface area contributed by atoms with E-state index in [2.05, 4.69) is 5.32 Å². The van der Waals surface area contributed by atoms with E-state index in [1.165, 1.54) is 0 Å². The van der Waals surface area contributed by atoms with Crippen molar-refractivity contribution in [3.8, 4) is 0 Å². The fourth-order valence-corrected chi connectivity index (χ4v) is 3.25. The Balaban J connectivity index is 1.61. The van der Waals surface area contributed by atoms with Crippen LogP contribution >= 0.6 is 11.3 Å². The van der Waals surface area contributed by atoms with Crippen molar-refractivity contribution < 1.29 is 4.74 Å². The minimum absolute atomic E-state index is 0.118. The lowest BCUT2D eigenvalue weighted by molar-refractivity contribution is 0.0778. The van der Waals surface area contributed by atoms with E-state index in [0.29, 0.717) is 6.04 Å². The lowest BCUT2D eigenvalue weighted by Gasteiger charge is -2.23. The number of thiophene rings is 1. The molecule has 1 aliphatic rings. The van der Waals surface area contributed by atoms with Crippen molar-refractivity contribution in [3.63, 3.8) is 0 Å². The van der Waals surface area contributed by atoms with E-state index >= 15 is 0 Å². The number of nitrogens with one attached hydrogen (secondary N) is 1. The first-order valence-electron chi connectivity index (χ1n) is 6.72. The minimum Gasteiger partial charge on any atom is -0.381 e. The van der Waals surface area contributed by atoms with Crippen molar-refractivity contribution in [2.45, 2.75) is 25.4 Å². The van der Waals surface area contributed by atoms with Crippen molar-refractivity contribution in [1.82, 2.24) is 9.88 Å². The molecule has 0 bridgehead atoms. The average Bonchev–Trinajstić information content (AvgIpc) is 2.92. The van der Waals surface area contributed by atoms with Crippen molar-refractivity contribution in [2.24, 2.45) is 0 Å². The van der Waals surface area contributed by atoms with Crippen molar-refractivity contribution in [1.29, 1.82) is 0 Å². The van der Waals surface area contributed by atoms with Crippen LogP contribution in [0.5, 0.6) is 0 Å². The van der Waals surface area contributed by atoms with Crippen LogP contribution in [0.3, 0.4) is 0 Å². The zero-order valence-electron chi connectivity index (χ0n) is 10.8. The fraction of sp³-hybridized carbons (Fsp3) is 0.500. The predicted molar refractivity (Wildman–Crippen MR) is 77.9 cm³/mol. The van der Waals surface area contributed by atoms with Crippen LogP contribution in [-0.4, -0.2) is 30.4 Å². The van der Waals surface area contributed by atoms with Crippen LogP contribution in [-0.2, 0) is 11.3 Å². The van der Waals surface area contributed by atoms with E-state index in [4.69, 9.17) is 4.74 Å². The van der Waals surface area contributed by atoms with Crippen LogP contribution in [0.4, 0.5) is 0 Å². The Kier molecular flexibility index (Phi) is 3.96. The largest absolute Gasteiger partial charge is 0.381 e. The Bertz CT molecular complexity index is 599. The molecule has 1 N–H and O–H groups in total. The lowest BCUT2D eigenvalue weighted by atomic mass is 10.1. The van der Waals surface area contributed by atoms with E-state index in [9.17, 15) is 4.79 Å². The second kappa shape index (κ2) is 5.86.